The standard InChI is InChI=1S/C21H17FN2/c1-14-5-6-15(18-3-2-4-20-19(18)11-12-23-20)13-21(14)24-17-9-7-16(22)8-10-17/h2-13,23-24H,1H3. The Kier molecular flexibility index (Phi) is 3.54. The van der Waals surface area contributed by atoms with Crippen molar-refractivity contribution >= 4 is 22.3 Å². The number of fused-ring (bicyclic) bond motifs is 1. The van der Waals surface area contributed by atoms with E-state index in [0.717, 1.165) is 28.0 Å². The highest BCUT2D eigenvalue weighted by Gasteiger charge is 2.07. The first-order chi connectivity index (χ1) is 11.7. The molecule has 0 aliphatic rings. The Labute approximate surface area is 140 Å². The van der Waals surface area contributed by atoms with Gasteiger partial charge < -0.3 is 10.3 Å². The summed E-state index contributed by atoms with van der Waals surface area (Å²) in [4.78, 5) is 3.25. The molecular weight excluding hydrogens is 299 g/mol. The molecule has 2 N–H and O–H groups in total. The summed E-state index contributed by atoms with van der Waals surface area (Å²) >= 11 is 0. The van der Waals surface area contributed by atoms with Gasteiger partial charge in [0, 0.05) is 28.5 Å². The van der Waals surface area contributed by atoms with Crippen molar-refractivity contribution in [3.8, 4) is 11.1 Å². The van der Waals surface area contributed by atoms with E-state index in [9.17, 15) is 4.39 Å². The fraction of sp³-hybridized carbons (Fsp3) is 0.0476. The van der Waals surface area contributed by atoms with Crippen LogP contribution in [-0.4, -0.2) is 4.98 Å². The molecule has 0 aliphatic carbocycles. The quantitative estimate of drug-likeness (QED) is 0.475. The maximum atomic E-state index is 13.1. The highest BCUT2D eigenvalue weighted by atomic mass is 19.1. The van der Waals surface area contributed by atoms with Crippen LogP contribution in [0.4, 0.5) is 15.8 Å². The van der Waals surface area contributed by atoms with Crippen molar-refractivity contribution in [2.24, 2.45) is 0 Å². The van der Waals surface area contributed by atoms with E-state index in [2.05, 4.69) is 59.7 Å². The molecule has 4 rings (SSSR count). The van der Waals surface area contributed by atoms with E-state index in [1.54, 1.807) is 12.1 Å². The minimum absolute atomic E-state index is 0.231. The van der Waals surface area contributed by atoms with Gasteiger partial charge in [0.15, 0.2) is 0 Å². The normalized spacial score (nSPS) is 10.9. The zero-order valence-corrected chi connectivity index (χ0v) is 13.3. The second-order valence-electron chi connectivity index (χ2n) is 5.91. The molecule has 0 radical (unpaired) electrons. The number of benzene rings is 3. The summed E-state index contributed by atoms with van der Waals surface area (Å²) in [5, 5.41) is 4.58. The van der Waals surface area contributed by atoms with Crippen molar-refractivity contribution in [3.63, 3.8) is 0 Å². The van der Waals surface area contributed by atoms with Gasteiger partial charge in [-0.2, -0.15) is 0 Å². The number of H-pyrrole nitrogens is 1. The van der Waals surface area contributed by atoms with Gasteiger partial charge in [-0.1, -0.05) is 24.3 Å². The molecule has 3 aromatic carbocycles. The maximum absolute atomic E-state index is 13.1. The summed E-state index contributed by atoms with van der Waals surface area (Å²) in [5.74, 6) is -0.231. The van der Waals surface area contributed by atoms with Crippen LogP contribution in [0.25, 0.3) is 22.0 Å². The predicted octanol–water partition coefficient (Wildman–Crippen LogP) is 6.03. The van der Waals surface area contributed by atoms with Gasteiger partial charge in [0.05, 0.1) is 0 Å². The highest BCUT2D eigenvalue weighted by Crippen LogP contribution is 2.32. The van der Waals surface area contributed by atoms with Gasteiger partial charge in [0.2, 0.25) is 0 Å². The SMILES string of the molecule is Cc1ccc(-c2cccc3[nH]ccc23)cc1Nc1ccc(F)cc1. The Morgan fingerprint density at radius 3 is 2.58 bits per heavy atom. The molecular formula is C21H17FN2. The molecule has 3 heteroatoms. The van der Waals surface area contributed by atoms with E-state index in [-0.39, 0.29) is 5.82 Å². The molecule has 0 bridgehead atoms. The van der Waals surface area contributed by atoms with Crippen molar-refractivity contribution in [1.29, 1.82) is 0 Å². The topological polar surface area (TPSA) is 27.8 Å². The fourth-order valence-electron chi connectivity index (χ4n) is 2.95. The van der Waals surface area contributed by atoms with E-state index >= 15 is 0 Å². The van der Waals surface area contributed by atoms with Crippen LogP contribution in [-0.2, 0) is 0 Å². The molecule has 1 heterocycles. The van der Waals surface area contributed by atoms with Crippen LogP contribution < -0.4 is 5.32 Å². The van der Waals surface area contributed by atoms with Crippen LogP contribution in [0.2, 0.25) is 0 Å². The van der Waals surface area contributed by atoms with Crippen LogP contribution in [0.5, 0.6) is 0 Å². The smallest absolute Gasteiger partial charge is 0.123 e. The van der Waals surface area contributed by atoms with Crippen molar-refractivity contribution in [3.05, 3.63) is 84.3 Å². The van der Waals surface area contributed by atoms with Crippen LogP contribution in [0.3, 0.4) is 0 Å². The summed E-state index contributed by atoms with van der Waals surface area (Å²) in [6, 6.07) is 21.1. The summed E-state index contributed by atoms with van der Waals surface area (Å²) in [7, 11) is 0. The molecule has 0 saturated heterocycles. The van der Waals surface area contributed by atoms with Crippen molar-refractivity contribution in [1.82, 2.24) is 4.98 Å². The Hall–Kier alpha value is -3.07. The first kappa shape index (κ1) is 14.5. The lowest BCUT2D eigenvalue weighted by Crippen LogP contribution is -1.94. The fourth-order valence-corrected chi connectivity index (χ4v) is 2.95. The van der Waals surface area contributed by atoms with Gasteiger partial charge in [-0.3, -0.25) is 0 Å². The van der Waals surface area contributed by atoms with Crippen LogP contribution >= 0.6 is 0 Å². The molecule has 0 amide bonds. The van der Waals surface area contributed by atoms with Gasteiger partial charge in [-0.05, 0) is 66.1 Å². The molecule has 0 fully saturated rings. The second kappa shape index (κ2) is 5.85. The minimum Gasteiger partial charge on any atom is -0.361 e. The zero-order chi connectivity index (χ0) is 16.5. The molecule has 0 atom stereocenters. The second-order valence-corrected chi connectivity index (χ2v) is 5.91. The number of hydrogen-bond donors (Lipinski definition) is 2. The van der Waals surface area contributed by atoms with E-state index < -0.39 is 0 Å². The first-order valence-electron chi connectivity index (χ1n) is 7.90. The molecule has 0 aliphatic heterocycles. The van der Waals surface area contributed by atoms with Gasteiger partial charge in [0.1, 0.15) is 5.82 Å². The number of aromatic nitrogens is 1. The third-order valence-electron chi connectivity index (χ3n) is 4.27. The molecule has 2 nitrogen and oxygen atoms in total. The Morgan fingerprint density at radius 1 is 0.917 bits per heavy atom. The number of anilines is 2. The van der Waals surface area contributed by atoms with Crippen molar-refractivity contribution < 1.29 is 4.39 Å². The lowest BCUT2D eigenvalue weighted by atomic mass is 9.99. The van der Waals surface area contributed by atoms with Crippen molar-refractivity contribution in [2.45, 2.75) is 6.92 Å². The number of hydrogen-bond acceptors (Lipinski definition) is 1. The van der Waals surface area contributed by atoms with Gasteiger partial charge in [-0.25, -0.2) is 4.39 Å². The van der Waals surface area contributed by atoms with E-state index in [1.807, 2.05) is 6.20 Å². The molecule has 0 saturated carbocycles. The van der Waals surface area contributed by atoms with Crippen molar-refractivity contribution in [2.75, 3.05) is 5.32 Å². The third-order valence-corrected chi connectivity index (χ3v) is 4.27. The molecule has 1 aromatic heterocycles. The molecule has 24 heavy (non-hydrogen) atoms. The number of nitrogens with one attached hydrogen (secondary N) is 2. The van der Waals surface area contributed by atoms with Gasteiger partial charge in [-0.15, -0.1) is 0 Å². The Balaban J connectivity index is 1.76. The average molecular weight is 316 g/mol. The van der Waals surface area contributed by atoms with Crippen LogP contribution in [0.1, 0.15) is 5.56 Å². The average Bonchev–Trinajstić information content (AvgIpc) is 3.07. The van der Waals surface area contributed by atoms with E-state index in [4.69, 9.17) is 0 Å². The monoisotopic (exact) mass is 316 g/mol. The summed E-state index contributed by atoms with van der Waals surface area (Å²) in [6.45, 7) is 2.06. The highest BCUT2D eigenvalue weighted by molar-refractivity contribution is 5.95. The minimum atomic E-state index is -0.231. The zero-order valence-electron chi connectivity index (χ0n) is 13.3. The Morgan fingerprint density at radius 2 is 1.75 bits per heavy atom. The number of aryl methyl sites for hydroxylation is 1. The summed E-state index contributed by atoms with van der Waals surface area (Å²) < 4.78 is 13.1. The van der Waals surface area contributed by atoms with Gasteiger partial charge in [0.25, 0.3) is 0 Å². The molecule has 118 valence electrons. The van der Waals surface area contributed by atoms with Gasteiger partial charge >= 0.3 is 0 Å². The lowest BCUT2D eigenvalue weighted by Gasteiger charge is -2.12. The molecule has 0 spiro atoms. The van der Waals surface area contributed by atoms with Crippen LogP contribution in [0, 0.1) is 12.7 Å². The first-order valence-corrected chi connectivity index (χ1v) is 7.90. The summed E-state index contributed by atoms with van der Waals surface area (Å²) in [5.41, 5.74) is 6.50. The third kappa shape index (κ3) is 2.65. The maximum Gasteiger partial charge on any atom is 0.123 e. The van der Waals surface area contributed by atoms with E-state index in [0.29, 0.717) is 0 Å². The molecule has 4 aromatic rings. The Bertz CT molecular complexity index is 1000. The summed E-state index contributed by atoms with van der Waals surface area (Å²) in [6.07, 6.45) is 1.96. The lowest BCUT2D eigenvalue weighted by molar-refractivity contribution is 0.628. The van der Waals surface area contributed by atoms with Crippen LogP contribution in [0.15, 0.2) is 72.9 Å². The largest absolute Gasteiger partial charge is 0.361 e. The number of aromatic amines is 1. The predicted molar refractivity (Wildman–Crippen MR) is 98.2 cm³/mol. The van der Waals surface area contributed by atoms with E-state index in [1.165, 1.54) is 23.1 Å². The molecule has 0 unspecified atom stereocenters. The number of halogens is 1. The number of rotatable bonds is 3.